The molecule has 0 aliphatic heterocycles. The van der Waals surface area contributed by atoms with Crippen molar-refractivity contribution >= 4 is 11.4 Å². The van der Waals surface area contributed by atoms with E-state index in [1.54, 1.807) is 13.0 Å². The maximum Gasteiger partial charge on any atom is 0.319 e. The summed E-state index contributed by atoms with van der Waals surface area (Å²) in [5, 5.41) is 11.9. The average Bonchev–Trinajstić information content (AvgIpc) is 2.67. The molecule has 0 saturated heterocycles. The summed E-state index contributed by atoms with van der Waals surface area (Å²) in [4.78, 5) is 0. The average molecular weight is 247 g/mol. The molecule has 0 bridgehead atoms. The number of halogens is 2. The predicted octanol–water partition coefficient (Wildman–Crippen LogP) is 3.81. The van der Waals surface area contributed by atoms with Crippen LogP contribution in [0, 0.1) is 18.3 Å². The second kappa shape index (κ2) is 4.88. The molecule has 0 fully saturated rings. The third-order valence-electron chi connectivity index (χ3n) is 2.65. The number of alkyl halides is 2. The summed E-state index contributed by atoms with van der Waals surface area (Å²) in [6, 6.07) is 12.4. The Hall–Kier alpha value is -2.35. The lowest BCUT2D eigenvalue weighted by molar-refractivity contribution is 0.0679. The third-order valence-corrected chi connectivity index (χ3v) is 2.65. The number of para-hydroxylation sites is 1. The van der Waals surface area contributed by atoms with Gasteiger partial charge in [0, 0.05) is 11.4 Å². The first-order chi connectivity index (χ1) is 8.63. The van der Waals surface area contributed by atoms with E-state index < -0.39 is 6.55 Å². The Morgan fingerprint density at radius 3 is 2.44 bits per heavy atom. The number of nitriles is 1. The van der Waals surface area contributed by atoms with Crippen LogP contribution < -0.4 is 5.32 Å². The van der Waals surface area contributed by atoms with E-state index in [2.05, 4.69) is 5.32 Å². The van der Waals surface area contributed by atoms with Gasteiger partial charge in [-0.05, 0) is 25.1 Å². The highest BCUT2D eigenvalue weighted by Gasteiger charge is 2.17. The zero-order valence-electron chi connectivity index (χ0n) is 9.69. The van der Waals surface area contributed by atoms with Crippen LogP contribution in [-0.2, 0) is 0 Å². The maximum atomic E-state index is 12.8. The zero-order valence-corrected chi connectivity index (χ0v) is 9.69. The first-order valence-corrected chi connectivity index (χ1v) is 5.35. The topological polar surface area (TPSA) is 40.8 Å². The molecule has 18 heavy (non-hydrogen) atoms. The van der Waals surface area contributed by atoms with Crippen molar-refractivity contribution in [2.45, 2.75) is 13.5 Å². The van der Waals surface area contributed by atoms with Gasteiger partial charge in [0.25, 0.3) is 0 Å². The highest BCUT2D eigenvalue weighted by molar-refractivity contribution is 5.64. The van der Waals surface area contributed by atoms with Crippen molar-refractivity contribution in [1.29, 1.82) is 5.26 Å². The van der Waals surface area contributed by atoms with Crippen molar-refractivity contribution in [3.63, 3.8) is 0 Å². The van der Waals surface area contributed by atoms with Crippen molar-refractivity contribution < 1.29 is 8.78 Å². The van der Waals surface area contributed by atoms with E-state index in [0.29, 0.717) is 15.9 Å². The molecule has 5 heteroatoms. The fraction of sp³-hybridized carbons (Fsp3) is 0.154. The summed E-state index contributed by atoms with van der Waals surface area (Å²) in [7, 11) is 0. The smallest absolute Gasteiger partial charge is 0.319 e. The normalized spacial score (nSPS) is 10.4. The lowest BCUT2D eigenvalue weighted by Gasteiger charge is -2.08. The molecule has 0 unspecified atom stereocenters. The van der Waals surface area contributed by atoms with Gasteiger partial charge in [-0.3, -0.25) is 4.57 Å². The van der Waals surface area contributed by atoms with Gasteiger partial charge in [0.05, 0.1) is 5.69 Å². The SMILES string of the molecule is Cc1c(Nc2ccccc2)cc(C#N)n1C(F)F. The summed E-state index contributed by atoms with van der Waals surface area (Å²) in [6.07, 6.45) is 0. The van der Waals surface area contributed by atoms with Gasteiger partial charge in [-0.2, -0.15) is 14.0 Å². The number of hydrogen-bond donors (Lipinski definition) is 1. The van der Waals surface area contributed by atoms with E-state index in [1.807, 2.05) is 30.3 Å². The molecule has 1 heterocycles. The van der Waals surface area contributed by atoms with Crippen molar-refractivity contribution in [3.8, 4) is 6.07 Å². The van der Waals surface area contributed by atoms with Gasteiger partial charge in [0.2, 0.25) is 0 Å². The second-order valence-corrected chi connectivity index (χ2v) is 3.78. The summed E-state index contributed by atoms with van der Waals surface area (Å²) in [5.41, 5.74) is 1.58. The molecule has 0 aliphatic rings. The molecule has 1 N–H and O–H groups in total. The van der Waals surface area contributed by atoms with Gasteiger partial charge >= 0.3 is 6.55 Å². The minimum absolute atomic E-state index is 0.0547. The molecular weight excluding hydrogens is 236 g/mol. The van der Waals surface area contributed by atoms with E-state index in [1.165, 1.54) is 6.07 Å². The molecule has 92 valence electrons. The van der Waals surface area contributed by atoms with E-state index >= 15 is 0 Å². The Labute approximate surface area is 103 Å². The minimum atomic E-state index is -2.72. The Morgan fingerprint density at radius 2 is 1.94 bits per heavy atom. The predicted molar refractivity (Wildman–Crippen MR) is 64.9 cm³/mol. The molecule has 0 radical (unpaired) electrons. The lowest BCUT2D eigenvalue weighted by atomic mass is 10.3. The summed E-state index contributed by atoms with van der Waals surface area (Å²) in [5.74, 6) is 0. The molecule has 0 spiro atoms. The van der Waals surface area contributed by atoms with Gasteiger partial charge in [-0.15, -0.1) is 0 Å². The molecular formula is C13H11F2N3. The largest absolute Gasteiger partial charge is 0.354 e. The molecule has 1 aromatic heterocycles. The molecule has 1 aromatic carbocycles. The third kappa shape index (κ3) is 2.18. The summed E-state index contributed by atoms with van der Waals surface area (Å²) < 4.78 is 26.3. The fourth-order valence-electron chi connectivity index (χ4n) is 1.76. The number of aromatic nitrogens is 1. The molecule has 0 amide bonds. The van der Waals surface area contributed by atoms with Gasteiger partial charge in [0.15, 0.2) is 0 Å². The van der Waals surface area contributed by atoms with Crippen LogP contribution in [0.2, 0.25) is 0 Å². The van der Waals surface area contributed by atoms with Crippen molar-refractivity contribution in [3.05, 3.63) is 47.8 Å². The van der Waals surface area contributed by atoms with Crippen LogP contribution in [0.1, 0.15) is 17.9 Å². The minimum Gasteiger partial charge on any atom is -0.354 e. The Bertz CT molecular complexity index is 582. The van der Waals surface area contributed by atoms with E-state index in [0.717, 1.165) is 5.69 Å². The lowest BCUT2D eigenvalue weighted by Crippen LogP contribution is -2.03. The first-order valence-electron chi connectivity index (χ1n) is 5.35. The summed E-state index contributed by atoms with van der Waals surface area (Å²) >= 11 is 0. The highest BCUT2D eigenvalue weighted by Crippen LogP contribution is 2.28. The fourth-order valence-corrected chi connectivity index (χ4v) is 1.76. The molecule has 0 atom stereocenters. The summed E-state index contributed by atoms with van der Waals surface area (Å²) in [6.45, 7) is -1.16. The van der Waals surface area contributed by atoms with E-state index in [9.17, 15) is 8.78 Å². The van der Waals surface area contributed by atoms with E-state index in [4.69, 9.17) is 5.26 Å². The Kier molecular flexibility index (Phi) is 3.28. The number of nitrogens with one attached hydrogen (secondary N) is 1. The second-order valence-electron chi connectivity index (χ2n) is 3.78. The number of nitrogens with zero attached hydrogens (tertiary/aromatic N) is 2. The van der Waals surface area contributed by atoms with Crippen LogP contribution in [0.4, 0.5) is 20.2 Å². The van der Waals surface area contributed by atoms with Gasteiger partial charge in [0.1, 0.15) is 11.8 Å². The van der Waals surface area contributed by atoms with Crippen LogP contribution >= 0.6 is 0 Å². The Morgan fingerprint density at radius 1 is 1.28 bits per heavy atom. The molecule has 3 nitrogen and oxygen atoms in total. The standard InChI is InChI=1S/C13H11F2N3/c1-9-12(17-10-5-3-2-4-6-10)7-11(8-16)18(9)13(14)15/h2-7,13,17H,1H3. The van der Waals surface area contributed by atoms with Crippen LogP contribution in [0.3, 0.4) is 0 Å². The van der Waals surface area contributed by atoms with Crippen molar-refractivity contribution in [2.75, 3.05) is 5.32 Å². The van der Waals surface area contributed by atoms with Crippen LogP contribution in [0.15, 0.2) is 36.4 Å². The van der Waals surface area contributed by atoms with E-state index in [-0.39, 0.29) is 5.69 Å². The highest BCUT2D eigenvalue weighted by atomic mass is 19.3. The van der Waals surface area contributed by atoms with Crippen molar-refractivity contribution in [1.82, 2.24) is 4.57 Å². The van der Waals surface area contributed by atoms with Crippen LogP contribution in [-0.4, -0.2) is 4.57 Å². The molecule has 2 rings (SSSR count). The molecule has 0 aliphatic carbocycles. The number of benzene rings is 1. The van der Waals surface area contributed by atoms with Crippen LogP contribution in [0.25, 0.3) is 0 Å². The van der Waals surface area contributed by atoms with Gasteiger partial charge in [-0.1, -0.05) is 18.2 Å². The number of rotatable bonds is 3. The van der Waals surface area contributed by atoms with Gasteiger partial charge in [-0.25, -0.2) is 0 Å². The Balaban J connectivity index is 2.39. The molecule has 2 aromatic rings. The quantitative estimate of drug-likeness (QED) is 0.896. The maximum absolute atomic E-state index is 12.8. The first kappa shape index (κ1) is 12.1. The van der Waals surface area contributed by atoms with Gasteiger partial charge < -0.3 is 5.32 Å². The van der Waals surface area contributed by atoms with Crippen molar-refractivity contribution in [2.24, 2.45) is 0 Å². The van der Waals surface area contributed by atoms with Crippen LogP contribution in [0.5, 0.6) is 0 Å². The number of hydrogen-bond acceptors (Lipinski definition) is 2. The zero-order chi connectivity index (χ0) is 13.1. The monoisotopic (exact) mass is 247 g/mol. The molecule has 0 saturated carbocycles. The number of anilines is 2.